The molecule has 0 spiro atoms. The van der Waals surface area contributed by atoms with E-state index in [1.165, 1.54) is 0 Å². The van der Waals surface area contributed by atoms with Crippen molar-refractivity contribution in [1.82, 2.24) is 9.78 Å². The Hall–Kier alpha value is -1.03. The molecule has 4 nitrogen and oxygen atoms in total. The topological polar surface area (TPSA) is 55.1 Å². The quantitative estimate of drug-likeness (QED) is 0.910. The van der Waals surface area contributed by atoms with E-state index >= 15 is 0 Å². The van der Waals surface area contributed by atoms with Crippen LogP contribution in [-0.2, 0) is 6.54 Å². The molecular formula is C13H19ClN2O2. The van der Waals surface area contributed by atoms with E-state index in [2.05, 4.69) is 18.9 Å². The van der Waals surface area contributed by atoms with E-state index in [0.717, 1.165) is 25.7 Å². The summed E-state index contributed by atoms with van der Waals surface area (Å²) in [6.45, 7) is 4.78. The fraction of sp³-hybridized carbons (Fsp3) is 0.692. The SMILES string of the molecule is CC(C)Cn1nc(C2CCCC2)c(C(=O)O)c1Cl. The van der Waals surface area contributed by atoms with Gasteiger partial charge < -0.3 is 5.11 Å². The van der Waals surface area contributed by atoms with Crippen molar-refractivity contribution in [2.45, 2.75) is 52.0 Å². The van der Waals surface area contributed by atoms with Crippen LogP contribution >= 0.6 is 11.6 Å². The van der Waals surface area contributed by atoms with Crippen LogP contribution in [0.1, 0.15) is 61.5 Å². The molecule has 0 atom stereocenters. The van der Waals surface area contributed by atoms with Gasteiger partial charge in [0, 0.05) is 12.5 Å². The number of aromatic carboxylic acids is 1. The molecular weight excluding hydrogens is 252 g/mol. The number of carboxylic acids is 1. The number of carboxylic acid groups (broad SMARTS) is 1. The Balaban J connectivity index is 2.40. The van der Waals surface area contributed by atoms with Gasteiger partial charge in [-0.1, -0.05) is 38.3 Å². The van der Waals surface area contributed by atoms with E-state index in [4.69, 9.17) is 11.6 Å². The van der Waals surface area contributed by atoms with Crippen molar-refractivity contribution < 1.29 is 9.90 Å². The van der Waals surface area contributed by atoms with Gasteiger partial charge in [-0.2, -0.15) is 5.10 Å². The van der Waals surface area contributed by atoms with Gasteiger partial charge in [-0.25, -0.2) is 4.79 Å². The zero-order chi connectivity index (χ0) is 13.3. The van der Waals surface area contributed by atoms with Crippen LogP contribution in [0.15, 0.2) is 0 Å². The molecule has 0 saturated heterocycles. The van der Waals surface area contributed by atoms with Crippen molar-refractivity contribution in [3.8, 4) is 0 Å². The van der Waals surface area contributed by atoms with Gasteiger partial charge in [0.05, 0.1) is 5.69 Å². The fourth-order valence-corrected chi connectivity index (χ4v) is 2.89. The number of aromatic nitrogens is 2. The minimum atomic E-state index is -0.961. The number of carbonyl (C=O) groups is 1. The number of hydrogen-bond acceptors (Lipinski definition) is 2. The predicted octanol–water partition coefficient (Wildman–Crippen LogP) is 3.55. The summed E-state index contributed by atoms with van der Waals surface area (Å²) in [6.07, 6.45) is 4.35. The Bertz CT molecular complexity index is 448. The summed E-state index contributed by atoms with van der Waals surface area (Å²) < 4.78 is 1.64. The second kappa shape index (κ2) is 5.31. The van der Waals surface area contributed by atoms with Crippen molar-refractivity contribution in [2.24, 2.45) is 5.92 Å². The van der Waals surface area contributed by atoms with Gasteiger partial charge in [0.1, 0.15) is 10.7 Å². The monoisotopic (exact) mass is 270 g/mol. The summed E-state index contributed by atoms with van der Waals surface area (Å²) in [5.74, 6) is -0.306. The molecule has 0 aromatic carbocycles. The van der Waals surface area contributed by atoms with Crippen LogP contribution in [0.5, 0.6) is 0 Å². The second-order valence-corrected chi connectivity index (χ2v) is 5.77. The minimum absolute atomic E-state index is 0.212. The zero-order valence-corrected chi connectivity index (χ0v) is 11.6. The molecule has 1 saturated carbocycles. The molecule has 1 aliphatic rings. The molecule has 1 aromatic heterocycles. The Morgan fingerprint density at radius 1 is 1.50 bits per heavy atom. The molecule has 0 bridgehead atoms. The standard InChI is InChI=1S/C13H19ClN2O2/c1-8(2)7-16-12(14)10(13(17)18)11(15-16)9-5-3-4-6-9/h8-9H,3-7H2,1-2H3,(H,17,18). The van der Waals surface area contributed by atoms with Gasteiger partial charge in [0.25, 0.3) is 0 Å². The summed E-state index contributed by atoms with van der Waals surface area (Å²) in [5.41, 5.74) is 0.898. The van der Waals surface area contributed by atoms with Crippen LogP contribution in [0.4, 0.5) is 0 Å². The summed E-state index contributed by atoms with van der Waals surface area (Å²) >= 11 is 6.17. The first-order valence-electron chi connectivity index (χ1n) is 6.50. The van der Waals surface area contributed by atoms with Crippen molar-refractivity contribution in [2.75, 3.05) is 0 Å². The zero-order valence-electron chi connectivity index (χ0n) is 10.8. The molecule has 1 N–H and O–H groups in total. The van der Waals surface area contributed by atoms with Crippen LogP contribution < -0.4 is 0 Å². The van der Waals surface area contributed by atoms with E-state index < -0.39 is 5.97 Å². The number of halogens is 1. The lowest BCUT2D eigenvalue weighted by atomic mass is 10.0. The molecule has 1 fully saturated rings. The number of rotatable bonds is 4. The third-order valence-electron chi connectivity index (χ3n) is 3.41. The highest BCUT2D eigenvalue weighted by atomic mass is 35.5. The second-order valence-electron chi connectivity index (χ2n) is 5.41. The lowest BCUT2D eigenvalue weighted by Gasteiger charge is -2.06. The maximum atomic E-state index is 11.4. The molecule has 1 aromatic rings. The fourth-order valence-electron chi connectivity index (χ4n) is 2.61. The normalized spacial score (nSPS) is 16.7. The van der Waals surface area contributed by atoms with Gasteiger partial charge in [-0.05, 0) is 18.8 Å². The molecule has 0 amide bonds. The van der Waals surface area contributed by atoms with Crippen molar-refractivity contribution in [1.29, 1.82) is 0 Å². The van der Waals surface area contributed by atoms with Gasteiger partial charge in [0.15, 0.2) is 0 Å². The lowest BCUT2D eigenvalue weighted by molar-refractivity contribution is 0.0695. The van der Waals surface area contributed by atoms with Gasteiger partial charge in [-0.15, -0.1) is 0 Å². The summed E-state index contributed by atoms with van der Waals surface area (Å²) in [6, 6.07) is 0. The van der Waals surface area contributed by atoms with Crippen LogP contribution in [0, 0.1) is 5.92 Å². The Kier molecular flexibility index (Phi) is 3.95. The van der Waals surface area contributed by atoms with E-state index in [1.54, 1.807) is 4.68 Å². The first-order valence-corrected chi connectivity index (χ1v) is 6.88. The summed E-state index contributed by atoms with van der Waals surface area (Å²) in [7, 11) is 0. The van der Waals surface area contributed by atoms with E-state index in [0.29, 0.717) is 18.2 Å². The average Bonchev–Trinajstić information content (AvgIpc) is 2.86. The largest absolute Gasteiger partial charge is 0.478 e. The van der Waals surface area contributed by atoms with Crippen LogP contribution in [0.25, 0.3) is 0 Å². The Morgan fingerprint density at radius 3 is 2.61 bits per heavy atom. The number of hydrogen-bond donors (Lipinski definition) is 1. The molecule has 18 heavy (non-hydrogen) atoms. The highest BCUT2D eigenvalue weighted by Crippen LogP contribution is 2.37. The van der Waals surface area contributed by atoms with Crippen molar-refractivity contribution in [3.05, 3.63) is 16.4 Å². The molecule has 5 heteroatoms. The maximum absolute atomic E-state index is 11.4. The number of nitrogens with zero attached hydrogens (tertiary/aromatic N) is 2. The Morgan fingerprint density at radius 2 is 2.11 bits per heavy atom. The molecule has 0 radical (unpaired) electrons. The third kappa shape index (κ3) is 2.53. The van der Waals surface area contributed by atoms with E-state index in [9.17, 15) is 9.90 Å². The smallest absolute Gasteiger partial charge is 0.340 e. The van der Waals surface area contributed by atoms with Crippen LogP contribution in [0.2, 0.25) is 5.15 Å². The summed E-state index contributed by atoms with van der Waals surface area (Å²) in [5, 5.41) is 14.0. The first kappa shape index (κ1) is 13.4. The summed E-state index contributed by atoms with van der Waals surface area (Å²) in [4.78, 5) is 11.4. The maximum Gasteiger partial charge on any atom is 0.340 e. The van der Waals surface area contributed by atoms with Gasteiger partial charge in [0.2, 0.25) is 0 Å². The van der Waals surface area contributed by atoms with Crippen LogP contribution in [0.3, 0.4) is 0 Å². The van der Waals surface area contributed by atoms with E-state index in [-0.39, 0.29) is 16.6 Å². The average molecular weight is 271 g/mol. The molecule has 1 aliphatic carbocycles. The molecule has 2 rings (SSSR count). The third-order valence-corrected chi connectivity index (χ3v) is 3.80. The predicted molar refractivity (Wildman–Crippen MR) is 70.2 cm³/mol. The van der Waals surface area contributed by atoms with Crippen molar-refractivity contribution >= 4 is 17.6 Å². The minimum Gasteiger partial charge on any atom is -0.478 e. The van der Waals surface area contributed by atoms with Crippen LogP contribution in [-0.4, -0.2) is 20.9 Å². The van der Waals surface area contributed by atoms with Crippen molar-refractivity contribution in [3.63, 3.8) is 0 Å². The highest BCUT2D eigenvalue weighted by molar-refractivity contribution is 6.32. The Labute approximate surface area is 112 Å². The molecule has 1 heterocycles. The van der Waals surface area contributed by atoms with Gasteiger partial charge >= 0.3 is 5.97 Å². The molecule has 0 unspecified atom stereocenters. The lowest BCUT2D eigenvalue weighted by Crippen LogP contribution is -2.07. The first-order chi connectivity index (χ1) is 8.50. The molecule has 100 valence electrons. The van der Waals surface area contributed by atoms with Gasteiger partial charge in [-0.3, -0.25) is 4.68 Å². The molecule has 0 aliphatic heterocycles. The van der Waals surface area contributed by atoms with E-state index in [1.807, 2.05) is 0 Å². The highest BCUT2D eigenvalue weighted by Gasteiger charge is 2.29.